The fraction of sp³-hybridized carbons (Fsp3) is 0.867. The van der Waals surface area contributed by atoms with Gasteiger partial charge >= 0.3 is 11.9 Å². The molecule has 0 spiro atoms. The lowest BCUT2D eigenvalue weighted by Gasteiger charge is -2.14. The summed E-state index contributed by atoms with van der Waals surface area (Å²) in [5.74, 6) is -3.09. The molecule has 1 atom stereocenters. The van der Waals surface area contributed by atoms with Crippen molar-refractivity contribution < 1.29 is 67.4 Å². The Morgan fingerprint density at radius 1 is 0.397 bits per heavy atom. The van der Waals surface area contributed by atoms with Crippen LogP contribution < -0.4 is 21.3 Å². The lowest BCUT2D eigenvalue weighted by molar-refractivity contribution is -0.142. The zero-order chi connectivity index (χ0) is 46.3. The van der Waals surface area contributed by atoms with E-state index in [2.05, 4.69) is 21.3 Å². The van der Waals surface area contributed by atoms with Crippen molar-refractivity contribution in [2.45, 2.75) is 154 Å². The van der Waals surface area contributed by atoms with Crippen LogP contribution >= 0.6 is 0 Å². The fourth-order valence-corrected chi connectivity index (χ4v) is 6.30. The van der Waals surface area contributed by atoms with Gasteiger partial charge in [0.25, 0.3) is 0 Å². The first-order valence-electron chi connectivity index (χ1n) is 23.7. The van der Waals surface area contributed by atoms with E-state index in [4.69, 9.17) is 33.5 Å². The van der Waals surface area contributed by atoms with Crippen molar-refractivity contribution in [3.05, 3.63) is 0 Å². The Hall–Kier alpha value is -3.42. The maximum absolute atomic E-state index is 12.4. The van der Waals surface area contributed by atoms with Crippen LogP contribution in [0.5, 0.6) is 0 Å². The number of nitrogens with one attached hydrogen (secondary N) is 4. The normalized spacial score (nSPS) is 11.6. The van der Waals surface area contributed by atoms with Crippen LogP contribution in [0.4, 0.5) is 0 Å². The highest BCUT2D eigenvalue weighted by Crippen LogP contribution is 2.15. The van der Waals surface area contributed by atoms with Crippen molar-refractivity contribution in [2.24, 2.45) is 0 Å². The quantitative estimate of drug-likeness (QED) is 0.0454. The lowest BCUT2D eigenvalue weighted by Crippen LogP contribution is -2.41. The highest BCUT2D eigenvalue weighted by Gasteiger charge is 2.20. The minimum Gasteiger partial charge on any atom is -0.481 e. The first kappa shape index (κ1) is 59.6. The monoisotopic (exact) mass is 905 g/mol. The average molecular weight is 905 g/mol. The van der Waals surface area contributed by atoms with Crippen molar-refractivity contribution in [3.63, 3.8) is 0 Å². The molecule has 0 heterocycles. The molecule has 0 aromatic rings. The number of hydrogen-bond donors (Lipinski definition) is 6. The van der Waals surface area contributed by atoms with E-state index in [0.717, 1.165) is 38.5 Å². The molecule has 0 aromatic carbocycles. The summed E-state index contributed by atoms with van der Waals surface area (Å²) in [6.07, 6.45) is 21.2. The van der Waals surface area contributed by atoms with Gasteiger partial charge in [-0.05, 0) is 26.2 Å². The van der Waals surface area contributed by atoms with E-state index in [1.807, 2.05) is 6.92 Å². The van der Waals surface area contributed by atoms with Gasteiger partial charge in [-0.25, -0.2) is 4.79 Å². The number of ether oxygens (including phenoxy) is 6. The van der Waals surface area contributed by atoms with Crippen LogP contribution in [0, 0.1) is 0 Å². The van der Waals surface area contributed by atoms with Crippen LogP contribution in [0.25, 0.3) is 0 Å². The summed E-state index contributed by atoms with van der Waals surface area (Å²) in [5.41, 5.74) is 0. The summed E-state index contributed by atoms with van der Waals surface area (Å²) in [7, 11) is 0. The molecule has 63 heavy (non-hydrogen) atoms. The molecule has 18 nitrogen and oxygen atoms in total. The molecule has 0 aliphatic heterocycles. The fourth-order valence-electron chi connectivity index (χ4n) is 6.30. The molecule has 0 saturated heterocycles. The number of aliphatic carboxylic acids is 2. The lowest BCUT2D eigenvalue weighted by atomic mass is 10.0. The van der Waals surface area contributed by atoms with Gasteiger partial charge in [-0.3, -0.25) is 24.0 Å². The molecule has 0 radical (unpaired) electrons. The number of carboxylic acid groups (broad SMARTS) is 2. The molecule has 18 heteroatoms. The van der Waals surface area contributed by atoms with E-state index in [9.17, 15) is 33.9 Å². The summed E-state index contributed by atoms with van der Waals surface area (Å²) >= 11 is 0. The molecular weight excluding hydrogens is 821 g/mol. The maximum Gasteiger partial charge on any atom is 0.326 e. The molecule has 0 unspecified atom stereocenters. The minimum atomic E-state index is -1.17. The van der Waals surface area contributed by atoms with Crippen molar-refractivity contribution in [1.29, 1.82) is 0 Å². The van der Waals surface area contributed by atoms with Crippen LogP contribution in [0.3, 0.4) is 0 Å². The van der Waals surface area contributed by atoms with E-state index in [1.54, 1.807) is 0 Å². The maximum atomic E-state index is 12.4. The second-order valence-corrected chi connectivity index (χ2v) is 15.4. The summed E-state index contributed by atoms with van der Waals surface area (Å²) < 4.78 is 31.8. The first-order valence-corrected chi connectivity index (χ1v) is 23.7. The second kappa shape index (κ2) is 46.6. The summed E-state index contributed by atoms with van der Waals surface area (Å²) in [4.78, 5) is 70.4. The number of carbonyl (C=O) groups is 6. The topological polar surface area (TPSA) is 246 Å². The molecule has 0 bridgehead atoms. The SMILES string of the molecule is CCOCCOCCNC(=O)COCCOCCNC(=O)COCCOCCNC(=O)CC[C@H](NC(=O)CCCCCCCCCCCCCCCCCCCCC(=O)O)C(=O)O. The van der Waals surface area contributed by atoms with Gasteiger partial charge in [0.05, 0.1) is 59.5 Å². The molecule has 0 aliphatic carbocycles. The molecular formula is C45H84N4O14. The molecule has 0 rings (SSSR count). The van der Waals surface area contributed by atoms with Crippen molar-refractivity contribution in [2.75, 3.05) is 98.9 Å². The molecule has 6 N–H and O–H groups in total. The number of unbranched alkanes of at least 4 members (excludes halogenated alkanes) is 17. The van der Waals surface area contributed by atoms with Crippen molar-refractivity contribution in [1.82, 2.24) is 21.3 Å². The van der Waals surface area contributed by atoms with Crippen LogP contribution in [0.1, 0.15) is 148 Å². The predicted octanol–water partition coefficient (Wildman–Crippen LogP) is 4.69. The van der Waals surface area contributed by atoms with Crippen LogP contribution in [-0.2, 0) is 57.2 Å². The average Bonchev–Trinajstić information content (AvgIpc) is 3.25. The molecule has 0 fully saturated rings. The van der Waals surface area contributed by atoms with Gasteiger partial charge in [0.2, 0.25) is 23.6 Å². The summed E-state index contributed by atoms with van der Waals surface area (Å²) in [6.45, 7) is 5.98. The van der Waals surface area contributed by atoms with Gasteiger partial charge in [0.1, 0.15) is 19.3 Å². The summed E-state index contributed by atoms with van der Waals surface area (Å²) in [6, 6.07) is -1.13. The number of carboxylic acids is 2. The van der Waals surface area contributed by atoms with E-state index >= 15 is 0 Å². The second-order valence-electron chi connectivity index (χ2n) is 15.4. The summed E-state index contributed by atoms with van der Waals surface area (Å²) in [5, 5.41) is 28.8. The van der Waals surface area contributed by atoms with Gasteiger partial charge in [-0.1, -0.05) is 103 Å². The van der Waals surface area contributed by atoms with Crippen molar-refractivity contribution in [3.8, 4) is 0 Å². The Balaban J connectivity index is 3.60. The Kier molecular flexibility index (Phi) is 44.0. The predicted molar refractivity (Wildman–Crippen MR) is 238 cm³/mol. The minimum absolute atomic E-state index is 0.0171. The van der Waals surface area contributed by atoms with E-state index in [0.29, 0.717) is 45.8 Å². The molecule has 0 aliphatic rings. The zero-order valence-corrected chi connectivity index (χ0v) is 38.5. The number of amides is 4. The highest BCUT2D eigenvalue weighted by atomic mass is 16.5. The van der Waals surface area contributed by atoms with E-state index < -0.39 is 18.0 Å². The first-order chi connectivity index (χ1) is 30.6. The van der Waals surface area contributed by atoms with Crippen molar-refractivity contribution >= 4 is 35.6 Å². The smallest absolute Gasteiger partial charge is 0.326 e. The van der Waals surface area contributed by atoms with Gasteiger partial charge in [-0.15, -0.1) is 0 Å². The Labute approximate surface area is 376 Å². The molecule has 0 aromatic heterocycles. The van der Waals surface area contributed by atoms with Gasteiger partial charge in [0.15, 0.2) is 0 Å². The van der Waals surface area contributed by atoms with E-state index in [-0.39, 0.29) is 109 Å². The Bertz CT molecular complexity index is 1150. The Morgan fingerprint density at radius 3 is 1.13 bits per heavy atom. The third-order valence-electron chi connectivity index (χ3n) is 9.83. The van der Waals surface area contributed by atoms with E-state index in [1.165, 1.54) is 70.6 Å². The Morgan fingerprint density at radius 2 is 0.746 bits per heavy atom. The third-order valence-corrected chi connectivity index (χ3v) is 9.83. The largest absolute Gasteiger partial charge is 0.481 e. The number of hydrogen-bond acceptors (Lipinski definition) is 12. The molecule has 368 valence electrons. The molecule has 0 saturated carbocycles. The standard InChI is InChI=1S/C45H84N4O14/c1-2-58-31-32-59-29-26-47-42(52)37-63-36-34-61-30-27-48-43(53)38-62-35-33-60-28-25-46-40(50)24-23-39(45(56)57)49-41(51)21-19-17-15-13-11-9-7-5-3-4-6-8-10-12-14-16-18-20-22-44(54)55/h39H,2-38H2,1H3,(H,46,50)(H,47,52)(H,48,53)(H,49,51)(H,54,55)(H,56,57)/t39-/m0/s1. The number of rotatable bonds is 49. The number of carbonyl (C=O) groups excluding carboxylic acids is 4. The van der Waals surface area contributed by atoms with Gasteiger partial charge < -0.3 is 59.9 Å². The highest BCUT2D eigenvalue weighted by molar-refractivity contribution is 5.84. The zero-order valence-electron chi connectivity index (χ0n) is 38.5. The molecule has 4 amide bonds. The van der Waals surface area contributed by atoms with Crippen LogP contribution in [-0.4, -0.2) is 151 Å². The van der Waals surface area contributed by atoms with Gasteiger partial charge in [-0.2, -0.15) is 0 Å². The third kappa shape index (κ3) is 46.4. The van der Waals surface area contributed by atoms with Crippen LogP contribution in [0.2, 0.25) is 0 Å². The van der Waals surface area contributed by atoms with Crippen LogP contribution in [0.15, 0.2) is 0 Å². The van der Waals surface area contributed by atoms with Gasteiger partial charge in [0, 0.05) is 45.5 Å².